The molecule has 5 nitrogen and oxygen atoms in total. The Morgan fingerprint density at radius 2 is 1.95 bits per heavy atom. The summed E-state index contributed by atoms with van der Waals surface area (Å²) in [5.41, 5.74) is 8.58. The topological polar surface area (TPSA) is 68.2 Å². The zero-order valence-corrected chi connectivity index (χ0v) is 11.1. The molecule has 1 aliphatic heterocycles. The van der Waals surface area contributed by atoms with E-state index in [4.69, 9.17) is 10.2 Å². The highest BCUT2D eigenvalue weighted by Gasteiger charge is 2.18. The molecule has 5 heteroatoms. The van der Waals surface area contributed by atoms with Gasteiger partial charge in [-0.15, -0.1) is 5.10 Å². The van der Waals surface area contributed by atoms with Crippen molar-refractivity contribution in [2.75, 3.05) is 23.7 Å². The zero-order valence-electron chi connectivity index (χ0n) is 11.1. The Hall–Kier alpha value is -2.04. The van der Waals surface area contributed by atoms with Gasteiger partial charge in [-0.05, 0) is 38.3 Å². The van der Waals surface area contributed by atoms with Crippen LogP contribution in [0.25, 0.3) is 11.5 Å². The number of nitrogen functional groups attached to an aromatic ring is 1. The van der Waals surface area contributed by atoms with E-state index >= 15 is 0 Å². The standard InChI is InChI=1S/C14H18N4O/c1-10-5-6-12(15)11(9-10)13-16-17-14(19-13)18-7-3-2-4-8-18/h5-6,9H,2-4,7-8,15H2,1H3. The molecule has 0 unspecified atom stereocenters. The fourth-order valence-corrected chi connectivity index (χ4v) is 2.39. The number of nitrogens with two attached hydrogens (primary N) is 1. The number of piperidine rings is 1. The lowest BCUT2D eigenvalue weighted by Gasteiger charge is -2.24. The predicted molar refractivity (Wildman–Crippen MR) is 74.9 cm³/mol. The molecule has 19 heavy (non-hydrogen) atoms. The molecule has 0 spiro atoms. The summed E-state index contributed by atoms with van der Waals surface area (Å²) >= 11 is 0. The van der Waals surface area contributed by atoms with Gasteiger partial charge in [0.15, 0.2) is 0 Å². The van der Waals surface area contributed by atoms with Crippen molar-refractivity contribution < 1.29 is 4.42 Å². The van der Waals surface area contributed by atoms with E-state index in [1.54, 1.807) is 0 Å². The normalized spacial score (nSPS) is 15.7. The average molecular weight is 258 g/mol. The summed E-state index contributed by atoms with van der Waals surface area (Å²) in [4.78, 5) is 2.14. The van der Waals surface area contributed by atoms with Crippen LogP contribution in [0.1, 0.15) is 24.8 Å². The average Bonchev–Trinajstić information content (AvgIpc) is 2.92. The summed E-state index contributed by atoms with van der Waals surface area (Å²) in [7, 11) is 0. The van der Waals surface area contributed by atoms with Crippen LogP contribution in [0.15, 0.2) is 22.6 Å². The van der Waals surface area contributed by atoms with Crippen LogP contribution >= 0.6 is 0 Å². The Kier molecular flexibility index (Phi) is 3.11. The summed E-state index contributed by atoms with van der Waals surface area (Å²) in [6.07, 6.45) is 3.65. The maximum absolute atomic E-state index is 5.97. The van der Waals surface area contributed by atoms with Gasteiger partial charge in [-0.2, -0.15) is 0 Å². The lowest BCUT2D eigenvalue weighted by molar-refractivity contribution is 0.498. The Labute approximate surface area is 112 Å². The van der Waals surface area contributed by atoms with Crippen molar-refractivity contribution in [2.45, 2.75) is 26.2 Å². The number of hydrogen-bond donors (Lipinski definition) is 1. The van der Waals surface area contributed by atoms with Crippen LogP contribution in [0, 0.1) is 6.92 Å². The predicted octanol–water partition coefficient (Wildman–Crippen LogP) is 2.62. The number of aryl methyl sites for hydroxylation is 1. The first-order valence-electron chi connectivity index (χ1n) is 6.69. The van der Waals surface area contributed by atoms with Crippen LogP contribution < -0.4 is 10.6 Å². The molecule has 100 valence electrons. The molecular weight excluding hydrogens is 240 g/mol. The lowest BCUT2D eigenvalue weighted by Crippen LogP contribution is -2.29. The number of anilines is 2. The van der Waals surface area contributed by atoms with E-state index in [-0.39, 0.29) is 0 Å². The van der Waals surface area contributed by atoms with E-state index in [1.165, 1.54) is 19.3 Å². The van der Waals surface area contributed by atoms with Gasteiger partial charge in [-0.25, -0.2) is 0 Å². The minimum Gasteiger partial charge on any atom is -0.403 e. The maximum atomic E-state index is 5.97. The maximum Gasteiger partial charge on any atom is 0.318 e. The summed E-state index contributed by atoms with van der Waals surface area (Å²) in [5.74, 6) is 0.502. The van der Waals surface area contributed by atoms with E-state index in [0.717, 1.165) is 24.2 Å². The quantitative estimate of drug-likeness (QED) is 0.839. The highest BCUT2D eigenvalue weighted by atomic mass is 16.4. The van der Waals surface area contributed by atoms with Crippen molar-refractivity contribution in [1.82, 2.24) is 10.2 Å². The molecule has 0 amide bonds. The molecule has 0 radical (unpaired) electrons. The Bertz CT molecular complexity index is 573. The van der Waals surface area contributed by atoms with E-state index in [0.29, 0.717) is 17.6 Å². The van der Waals surface area contributed by atoms with Crippen LogP contribution in [-0.4, -0.2) is 23.3 Å². The summed E-state index contributed by atoms with van der Waals surface area (Å²) < 4.78 is 5.77. The molecule has 2 heterocycles. The van der Waals surface area contributed by atoms with Gasteiger partial charge in [0, 0.05) is 18.8 Å². The number of nitrogens with zero attached hydrogens (tertiary/aromatic N) is 3. The van der Waals surface area contributed by atoms with E-state index in [1.807, 2.05) is 25.1 Å². The van der Waals surface area contributed by atoms with Gasteiger partial charge < -0.3 is 15.1 Å². The van der Waals surface area contributed by atoms with E-state index in [9.17, 15) is 0 Å². The minimum atomic E-state index is 0.502. The number of rotatable bonds is 2. The molecule has 1 saturated heterocycles. The molecule has 0 atom stereocenters. The minimum absolute atomic E-state index is 0.502. The molecule has 3 rings (SSSR count). The second kappa shape index (κ2) is 4.91. The van der Waals surface area contributed by atoms with Crippen molar-refractivity contribution in [3.8, 4) is 11.5 Å². The zero-order chi connectivity index (χ0) is 13.2. The van der Waals surface area contributed by atoms with Gasteiger partial charge in [0.1, 0.15) is 0 Å². The van der Waals surface area contributed by atoms with Crippen LogP contribution in [-0.2, 0) is 0 Å². The van der Waals surface area contributed by atoms with Crippen LogP contribution in [0.3, 0.4) is 0 Å². The van der Waals surface area contributed by atoms with Crippen molar-refractivity contribution in [3.05, 3.63) is 23.8 Å². The van der Waals surface area contributed by atoms with Crippen LogP contribution in [0.4, 0.5) is 11.7 Å². The molecule has 1 fully saturated rings. The highest BCUT2D eigenvalue weighted by molar-refractivity contribution is 5.71. The first-order valence-corrected chi connectivity index (χ1v) is 6.69. The lowest BCUT2D eigenvalue weighted by atomic mass is 10.1. The molecule has 1 aliphatic rings. The second-order valence-electron chi connectivity index (χ2n) is 5.03. The number of hydrogen-bond acceptors (Lipinski definition) is 5. The molecule has 0 aliphatic carbocycles. The van der Waals surface area contributed by atoms with Crippen molar-refractivity contribution in [1.29, 1.82) is 0 Å². The summed E-state index contributed by atoms with van der Waals surface area (Å²) in [6.45, 7) is 4.00. The number of benzene rings is 1. The van der Waals surface area contributed by atoms with Crippen molar-refractivity contribution in [3.63, 3.8) is 0 Å². The van der Waals surface area contributed by atoms with Gasteiger partial charge in [-0.1, -0.05) is 16.7 Å². The van der Waals surface area contributed by atoms with E-state index < -0.39 is 0 Å². The van der Waals surface area contributed by atoms with Gasteiger partial charge in [0.2, 0.25) is 0 Å². The Morgan fingerprint density at radius 3 is 2.74 bits per heavy atom. The summed E-state index contributed by atoms with van der Waals surface area (Å²) in [5, 5.41) is 8.27. The largest absolute Gasteiger partial charge is 0.403 e. The fraction of sp³-hybridized carbons (Fsp3) is 0.429. The molecule has 2 N–H and O–H groups in total. The van der Waals surface area contributed by atoms with Crippen LogP contribution in [0.5, 0.6) is 0 Å². The number of aromatic nitrogens is 2. The first-order chi connectivity index (χ1) is 9.24. The third-order valence-electron chi connectivity index (χ3n) is 3.48. The molecule has 0 saturated carbocycles. The first kappa shape index (κ1) is 12.0. The van der Waals surface area contributed by atoms with Gasteiger partial charge in [-0.3, -0.25) is 0 Å². The Balaban J connectivity index is 1.89. The molecular formula is C14H18N4O. The van der Waals surface area contributed by atoms with Crippen molar-refractivity contribution in [2.24, 2.45) is 0 Å². The third-order valence-corrected chi connectivity index (χ3v) is 3.48. The SMILES string of the molecule is Cc1ccc(N)c(-c2nnc(N3CCCCC3)o2)c1. The van der Waals surface area contributed by atoms with E-state index in [2.05, 4.69) is 15.1 Å². The van der Waals surface area contributed by atoms with Gasteiger partial charge >= 0.3 is 6.01 Å². The van der Waals surface area contributed by atoms with Gasteiger partial charge in [0.25, 0.3) is 5.89 Å². The molecule has 2 aromatic rings. The molecule has 1 aromatic carbocycles. The molecule has 0 bridgehead atoms. The van der Waals surface area contributed by atoms with Gasteiger partial charge in [0.05, 0.1) is 5.56 Å². The molecule has 1 aromatic heterocycles. The van der Waals surface area contributed by atoms with Crippen molar-refractivity contribution >= 4 is 11.7 Å². The smallest absolute Gasteiger partial charge is 0.318 e. The Morgan fingerprint density at radius 1 is 1.16 bits per heavy atom. The third kappa shape index (κ3) is 2.41. The summed E-state index contributed by atoms with van der Waals surface area (Å²) in [6, 6.07) is 6.43. The highest BCUT2D eigenvalue weighted by Crippen LogP contribution is 2.28. The fourth-order valence-electron chi connectivity index (χ4n) is 2.39. The van der Waals surface area contributed by atoms with Crippen LogP contribution in [0.2, 0.25) is 0 Å². The monoisotopic (exact) mass is 258 g/mol. The second-order valence-corrected chi connectivity index (χ2v) is 5.03.